The number of rotatable bonds is 2. The van der Waals surface area contributed by atoms with Gasteiger partial charge in [-0.15, -0.1) is 0 Å². The van der Waals surface area contributed by atoms with Crippen LogP contribution in [0.4, 0.5) is 14.9 Å². The number of aromatic carboxylic acids is 1. The van der Waals surface area contributed by atoms with Gasteiger partial charge in [-0.25, -0.2) is 14.0 Å². The Hall–Kier alpha value is -2.15. The highest BCUT2D eigenvalue weighted by molar-refractivity contribution is 6.00. The number of benzene rings is 1. The molecule has 2 N–H and O–H groups in total. The molecule has 1 aliphatic heterocycles. The molecule has 114 valence electrons. The number of nitrogens with zero attached hydrogens (tertiary/aromatic N) is 2. The molecule has 0 spiro atoms. The number of carboxylic acid groups (broad SMARTS) is 1. The molecule has 1 fully saturated rings. The van der Waals surface area contributed by atoms with Gasteiger partial charge in [0.2, 0.25) is 0 Å². The molecule has 1 aromatic rings. The fourth-order valence-electron chi connectivity index (χ4n) is 2.27. The highest BCUT2D eigenvalue weighted by atomic mass is 19.1. The molecule has 1 aromatic carbocycles. The lowest BCUT2D eigenvalue weighted by Crippen LogP contribution is -2.53. The summed E-state index contributed by atoms with van der Waals surface area (Å²) in [6.07, 6.45) is 0. The van der Waals surface area contributed by atoms with Crippen molar-refractivity contribution in [2.45, 2.75) is 13.0 Å². The topological polar surface area (TPSA) is 72.9 Å². The zero-order valence-corrected chi connectivity index (χ0v) is 12.0. The lowest BCUT2D eigenvalue weighted by Gasteiger charge is -2.37. The summed E-state index contributed by atoms with van der Waals surface area (Å²) in [5.74, 6) is -2.28. The first-order chi connectivity index (χ1) is 9.90. The van der Waals surface area contributed by atoms with Crippen LogP contribution >= 0.6 is 0 Å². The number of carboxylic acids is 1. The van der Waals surface area contributed by atoms with Gasteiger partial charge in [0.05, 0.1) is 5.69 Å². The van der Waals surface area contributed by atoms with Gasteiger partial charge in [0, 0.05) is 25.7 Å². The summed E-state index contributed by atoms with van der Waals surface area (Å²) < 4.78 is 13.6. The molecule has 0 saturated carbocycles. The van der Waals surface area contributed by atoms with Gasteiger partial charge in [0.25, 0.3) is 0 Å². The SMILES string of the molecule is CC1CN(C(=O)Nc2cccc(F)c2C(=O)O)CCN1C. The number of piperazine rings is 1. The summed E-state index contributed by atoms with van der Waals surface area (Å²) in [6.45, 7) is 3.83. The fraction of sp³-hybridized carbons (Fsp3) is 0.429. The molecule has 0 aromatic heterocycles. The van der Waals surface area contributed by atoms with Crippen LogP contribution in [0.25, 0.3) is 0 Å². The molecule has 1 atom stereocenters. The molecule has 0 radical (unpaired) electrons. The number of carbonyl (C=O) groups is 2. The van der Waals surface area contributed by atoms with E-state index in [0.717, 1.165) is 12.6 Å². The highest BCUT2D eigenvalue weighted by Gasteiger charge is 2.25. The predicted octanol–water partition coefficient (Wildman–Crippen LogP) is 1.69. The van der Waals surface area contributed by atoms with Gasteiger partial charge in [-0.05, 0) is 26.1 Å². The van der Waals surface area contributed by atoms with Crippen LogP contribution in [0.15, 0.2) is 18.2 Å². The molecule has 1 unspecified atom stereocenters. The molecule has 21 heavy (non-hydrogen) atoms. The molecular formula is C14H18FN3O3. The minimum Gasteiger partial charge on any atom is -0.478 e. The van der Waals surface area contributed by atoms with E-state index in [2.05, 4.69) is 10.2 Å². The predicted molar refractivity (Wildman–Crippen MR) is 76.0 cm³/mol. The van der Waals surface area contributed by atoms with E-state index in [1.165, 1.54) is 12.1 Å². The van der Waals surface area contributed by atoms with Crippen molar-refractivity contribution in [1.82, 2.24) is 9.80 Å². The monoisotopic (exact) mass is 295 g/mol. The number of anilines is 1. The Kier molecular flexibility index (Phi) is 4.42. The molecule has 0 aliphatic carbocycles. The Morgan fingerprint density at radius 1 is 1.38 bits per heavy atom. The summed E-state index contributed by atoms with van der Waals surface area (Å²) >= 11 is 0. The third-order valence-electron chi connectivity index (χ3n) is 3.72. The summed E-state index contributed by atoms with van der Waals surface area (Å²) in [7, 11) is 1.98. The Morgan fingerprint density at radius 3 is 2.71 bits per heavy atom. The van der Waals surface area contributed by atoms with E-state index in [4.69, 9.17) is 5.11 Å². The summed E-state index contributed by atoms with van der Waals surface area (Å²) in [4.78, 5) is 27.0. The van der Waals surface area contributed by atoms with Crippen molar-refractivity contribution in [3.8, 4) is 0 Å². The van der Waals surface area contributed by atoms with Crippen molar-refractivity contribution in [3.05, 3.63) is 29.6 Å². The third-order valence-corrected chi connectivity index (χ3v) is 3.72. The Balaban J connectivity index is 2.13. The molecule has 6 nitrogen and oxygen atoms in total. The quantitative estimate of drug-likeness (QED) is 0.871. The summed E-state index contributed by atoms with van der Waals surface area (Å²) in [5.41, 5.74) is -0.549. The van der Waals surface area contributed by atoms with Crippen molar-refractivity contribution in [2.75, 3.05) is 32.0 Å². The maximum absolute atomic E-state index is 13.6. The van der Waals surface area contributed by atoms with Crippen LogP contribution in [0.3, 0.4) is 0 Å². The molecule has 0 bridgehead atoms. The van der Waals surface area contributed by atoms with Crippen molar-refractivity contribution in [2.24, 2.45) is 0 Å². The lowest BCUT2D eigenvalue weighted by atomic mass is 10.1. The van der Waals surface area contributed by atoms with Gasteiger partial charge in [-0.1, -0.05) is 6.07 Å². The first kappa shape index (κ1) is 15.2. The van der Waals surface area contributed by atoms with Crippen LogP contribution in [0, 0.1) is 5.82 Å². The van der Waals surface area contributed by atoms with Gasteiger partial charge in [0.1, 0.15) is 11.4 Å². The minimum atomic E-state index is -1.41. The Morgan fingerprint density at radius 2 is 2.10 bits per heavy atom. The van der Waals surface area contributed by atoms with Crippen molar-refractivity contribution >= 4 is 17.7 Å². The standard InChI is InChI=1S/C14H18FN3O3/c1-9-8-18(7-6-17(9)2)14(21)16-11-5-3-4-10(15)12(11)13(19)20/h3-5,9H,6-8H2,1-2H3,(H,16,21)(H,19,20). The van der Waals surface area contributed by atoms with Gasteiger partial charge in [-0.3, -0.25) is 0 Å². The van der Waals surface area contributed by atoms with E-state index < -0.39 is 23.4 Å². The molecule has 1 saturated heterocycles. The number of urea groups is 1. The van der Waals surface area contributed by atoms with Gasteiger partial charge in [-0.2, -0.15) is 0 Å². The number of likely N-dealkylation sites (N-methyl/N-ethyl adjacent to an activating group) is 1. The molecule has 1 heterocycles. The van der Waals surface area contributed by atoms with Gasteiger partial charge < -0.3 is 20.2 Å². The second-order valence-corrected chi connectivity index (χ2v) is 5.17. The molecule has 1 aliphatic rings. The average Bonchev–Trinajstić information content (AvgIpc) is 2.41. The van der Waals surface area contributed by atoms with E-state index in [-0.39, 0.29) is 11.7 Å². The van der Waals surface area contributed by atoms with E-state index in [1.807, 2.05) is 14.0 Å². The number of nitrogens with one attached hydrogen (secondary N) is 1. The average molecular weight is 295 g/mol. The maximum Gasteiger partial charge on any atom is 0.340 e. The van der Waals surface area contributed by atoms with E-state index in [0.29, 0.717) is 13.1 Å². The second-order valence-electron chi connectivity index (χ2n) is 5.17. The molecule has 7 heteroatoms. The van der Waals surface area contributed by atoms with E-state index in [9.17, 15) is 14.0 Å². The van der Waals surface area contributed by atoms with Crippen molar-refractivity contribution < 1.29 is 19.1 Å². The highest BCUT2D eigenvalue weighted by Crippen LogP contribution is 2.20. The number of hydrogen-bond donors (Lipinski definition) is 2. The van der Waals surface area contributed by atoms with Crippen molar-refractivity contribution in [3.63, 3.8) is 0 Å². The largest absolute Gasteiger partial charge is 0.478 e. The second kappa shape index (κ2) is 6.09. The van der Waals surface area contributed by atoms with Crippen LogP contribution in [0.1, 0.15) is 17.3 Å². The van der Waals surface area contributed by atoms with Crippen LogP contribution in [-0.2, 0) is 0 Å². The summed E-state index contributed by atoms with van der Waals surface area (Å²) in [5, 5.41) is 11.5. The van der Waals surface area contributed by atoms with E-state index >= 15 is 0 Å². The first-order valence-corrected chi connectivity index (χ1v) is 6.68. The normalized spacial score (nSPS) is 19.4. The smallest absolute Gasteiger partial charge is 0.340 e. The Labute approximate surface area is 122 Å². The van der Waals surface area contributed by atoms with Gasteiger partial charge in [0.15, 0.2) is 0 Å². The number of halogens is 1. The number of carbonyl (C=O) groups excluding carboxylic acids is 1. The lowest BCUT2D eigenvalue weighted by molar-refractivity contribution is 0.0693. The zero-order valence-electron chi connectivity index (χ0n) is 12.0. The Bertz CT molecular complexity index is 564. The van der Waals surface area contributed by atoms with Crippen LogP contribution < -0.4 is 5.32 Å². The van der Waals surface area contributed by atoms with Crippen LogP contribution in [0.5, 0.6) is 0 Å². The molecular weight excluding hydrogens is 277 g/mol. The van der Waals surface area contributed by atoms with Crippen molar-refractivity contribution in [1.29, 1.82) is 0 Å². The van der Waals surface area contributed by atoms with E-state index in [1.54, 1.807) is 4.90 Å². The van der Waals surface area contributed by atoms with Crippen LogP contribution in [-0.4, -0.2) is 59.6 Å². The fourth-order valence-corrected chi connectivity index (χ4v) is 2.27. The summed E-state index contributed by atoms with van der Waals surface area (Å²) in [6, 6.07) is 3.60. The zero-order chi connectivity index (χ0) is 15.6. The third kappa shape index (κ3) is 3.30. The number of amides is 2. The molecule has 2 amide bonds. The first-order valence-electron chi connectivity index (χ1n) is 6.68. The molecule has 2 rings (SSSR count). The number of hydrogen-bond acceptors (Lipinski definition) is 3. The van der Waals surface area contributed by atoms with Gasteiger partial charge >= 0.3 is 12.0 Å². The van der Waals surface area contributed by atoms with Crippen LogP contribution in [0.2, 0.25) is 0 Å². The minimum absolute atomic E-state index is 0.0286. The maximum atomic E-state index is 13.6.